The van der Waals surface area contributed by atoms with E-state index in [1.54, 1.807) is 35.8 Å². The normalized spacial score (nSPS) is 11.2. The summed E-state index contributed by atoms with van der Waals surface area (Å²) in [5.41, 5.74) is 1.15. The molecule has 3 rings (SSSR count). The van der Waals surface area contributed by atoms with Crippen molar-refractivity contribution < 1.29 is 13.2 Å². The van der Waals surface area contributed by atoms with Gasteiger partial charge in [-0.25, -0.2) is 8.42 Å². The molecule has 0 aliphatic carbocycles. The summed E-state index contributed by atoms with van der Waals surface area (Å²) in [5, 5.41) is 2.02. The van der Waals surface area contributed by atoms with Gasteiger partial charge in [0.05, 0.1) is 16.4 Å². The standard InChI is InChI=1S/C16H13ClN2O3S2/c17-14-10-12(19-24(20,21)16-5-3-9-23-16)6-7-15(14)22-11-13-4-1-2-8-18-13/h1-10,19H,11H2. The Morgan fingerprint density at radius 1 is 1.17 bits per heavy atom. The van der Waals surface area contributed by atoms with E-state index in [-0.39, 0.29) is 10.8 Å². The van der Waals surface area contributed by atoms with Gasteiger partial charge in [-0.2, -0.15) is 0 Å². The van der Waals surface area contributed by atoms with Crippen LogP contribution in [0.1, 0.15) is 5.69 Å². The SMILES string of the molecule is O=S(=O)(Nc1ccc(OCc2ccccn2)c(Cl)c1)c1cccs1. The first-order valence-corrected chi connectivity index (χ1v) is 9.67. The summed E-state index contributed by atoms with van der Waals surface area (Å²) in [6.07, 6.45) is 1.68. The first kappa shape index (κ1) is 16.8. The van der Waals surface area contributed by atoms with Gasteiger partial charge in [-0.3, -0.25) is 9.71 Å². The number of aromatic nitrogens is 1. The molecule has 0 radical (unpaired) electrons. The fraction of sp³-hybridized carbons (Fsp3) is 0.0625. The highest BCUT2D eigenvalue weighted by molar-refractivity contribution is 7.94. The average Bonchev–Trinajstić information content (AvgIpc) is 3.10. The number of rotatable bonds is 6. The van der Waals surface area contributed by atoms with Gasteiger partial charge in [-0.05, 0) is 41.8 Å². The molecule has 0 bridgehead atoms. The lowest BCUT2D eigenvalue weighted by molar-refractivity contribution is 0.301. The predicted octanol–water partition coefficient (Wildman–Crippen LogP) is 4.18. The first-order valence-electron chi connectivity index (χ1n) is 6.93. The molecule has 1 N–H and O–H groups in total. The minimum absolute atomic E-state index is 0.245. The first-order chi connectivity index (χ1) is 11.5. The van der Waals surface area contributed by atoms with Gasteiger partial charge in [0.25, 0.3) is 10.0 Å². The van der Waals surface area contributed by atoms with E-state index in [1.165, 1.54) is 6.07 Å². The zero-order chi connectivity index (χ0) is 17.0. The highest BCUT2D eigenvalue weighted by atomic mass is 35.5. The van der Waals surface area contributed by atoms with Crippen LogP contribution in [-0.4, -0.2) is 13.4 Å². The Kier molecular flexibility index (Phi) is 5.03. The molecule has 8 heteroatoms. The van der Waals surface area contributed by atoms with Crippen molar-refractivity contribution in [3.8, 4) is 5.75 Å². The minimum atomic E-state index is -3.60. The van der Waals surface area contributed by atoms with Gasteiger partial charge in [0.1, 0.15) is 16.6 Å². The monoisotopic (exact) mass is 380 g/mol. The summed E-state index contributed by atoms with van der Waals surface area (Å²) in [6.45, 7) is 0.279. The van der Waals surface area contributed by atoms with Crippen molar-refractivity contribution in [2.24, 2.45) is 0 Å². The van der Waals surface area contributed by atoms with Crippen molar-refractivity contribution in [1.29, 1.82) is 0 Å². The van der Waals surface area contributed by atoms with E-state index in [0.29, 0.717) is 16.5 Å². The molecular formula is C16H13ClN2O3S2. The molecule has 0 unspecified atom stereocenters. The number of nitrogens with one attached hydrogen (secondary N) is 1. The maximum Gasteiger partial charge on any atom is 0.271 e. The number of halogens is 1. The van der Waals surface area contributed by atoms with E-state index in [4.69, 9.17) is 16.3 Å². The second-order valence-corrected chi connectivity index (χ2v) is 8.06. The number of hydrogen-bond acceptors (Lipinski definition) is 5. The maximum atomic E-state index is 12.2. The Morgan fingerprint density at radius 2 is 2.04 bits per heavy atom. The van der Waals surface area contributed by atoms with Crippen LogP contribution >= 0.6 is 22.9 Å². The van der Waals surface area contributed by atoms with Gasteiger partial charge in [0.2, 0.25) is 0 Å². The van der Waals surface area contributed by atoms with Crippen molar-refractivity contribution in [1.82, 2.24) is 4.98 Å². The number of nitrogens with zero attached hydrogens (tertiary/aromatic N) is 1. The third-order valence-electron chi connectivity index (χ3n) is 3.05. The van der Waals surface area contributed by atoms with Crippen LogP contribution in [0.15, 0.2) is 64.3 Å². The molecule has 0 spiro atoms. The molecule has 0 fully saturated rings. The Bertz CT molecular complexity index is 914. The Labute approximate surface area is 148 Å². The van der Waals surface area contributed by atoms with Crippen LogP contribution in [0.4, 0.5) is 5.69 Å². The third kappa shape index (κ3) is 4.05. The van der Waals surface area contributed by atoms with E-state index < -0.39 is 10.0 Å². The molecular weight excluding hydrogens is 368 g/mol. The van der Waals surface area contributed by atoms with Crippen LogP contribution in [-0.2, 0) is 16.6 Å². The summed E-state index contributed by atoms with van der Waals surface area (Å²) in [6, 6.07) is 13.5. The lowest BCUT2D eigenvalue weighted by Gasteiger charge is -2.10. The molecule has 124 valence electrons. The summed E-state index contributed by atoms with van der Waals surface area (Å²) < 4.78 is 32.7. The van der Waals surface area contributed by atoms with E-state index >= 15 is 0 Å². The van der Waals surface area contributed by atoms with Crippen LogP contribution in [0, 0.1) is 0 Å². The largest absolute Gasteiger partial charge is 0.486 e. The van der Waals surface area contributed by atoms with Crippen LogP contribution in [0.2, 0.25) is 5.02 Å². The third-order valence-corrected chi connectivity index (χ3v) is 6.12. The number of anilines is 1. The lowest BCUT2D eigenvalue weighted by atomic mass is 10.3. The number of thiophene rings is 1. The fourth-order valence-corrected chi connectivity index (χ4v) is 4.22. The summed E-state index contributed by atoms with van der Waals surface area (Å²) in [5.74, 6) is 0.460. The molecule has 5 nitrogen and oxygen atoms in total. The fourth-order valence-electron chi connectivity index (χ4n) is 1.94. The number of ether oxygens (including phenoxy) is 1. The van der Waals surface area contributed by atoms with Gasteiger partial charge in [-0.1, -0.05) is 23.7 Å². The summed E-state index contributed by atoms with van der Waals surface area (Å²) >= 11 is 7.32. The number of benzene rings is 1. The second kappa shape index (κ2) is 7.21. The van der Waals surface area contributed by atoms with Crippen LogP contribution in [0.3, 0.4) is 0 Å². The molecule has 0 aliphatic heterocycles. The summed E-state index contributed by atoms with van der Waals surface area (Å²) in [7, 11) is -3.60. The van der Waals surface area contributed by atoms with E-state index in [2.05, 4.69) is 9.71 Å². The van der Waals surface area contributed by atoms with Crippen molar-refractivity contribution in [2.75, 3.05) is 4.72 Å². The van der Waals surface area contributed by atoms with Crippen LogP contribution in [0.25, 0.3) is 0 Å². The van der Waals surface area contributed by atoms with Crippen LogP contribution < -0.4 is 9.46 Å². The number of hydrogen-bond donors (Lipinski definition) is 1. The van der Waals surface area contributed by atoms with Crippen molar-refractivity contribution in [2.45, 2.75) is 10.8 Å². The van der Waals surface area contributed by atoms with E-state index in [1.807, 2.05) is 18.2 Å². The maximum absolute atomic E-state index is 12.2. The van der Waals surface area contributed by atoms with Gasteiger partial charge in [0, 0.05) is 6.20 Å². The molecule has 1 aromatic carbocycles. The topological polar surface area (TPSA) is 68.3 Å². The van der Waals surface area contributed by atoms with Gasteiger partial charge in [-0.15, -0.1) is 11.3 Å². The molecule has 24 heavy (non-hydrogen) atoms. The van der Waals surface area contributed by atoms with Gasteiger partial charge >= 0.3 is 0 Å². The molecule has 0 saturated heterocycles. The van der Waals surface area contributed by atoms with Crippen molar-refractivity contribution in [3.63, 3.8) is 0 Å². The minimum Gasteiger partial charge on any atom is -0.486 e. The molecule has 3 aromatic rings. The molecule has 0 saturated carbocycles. The zero-order valence-electron chi connectivity index (χ0n) is 12.3. The molecule has 0 amide bonds. The second-order valence-electron chi connectivity index (χ2n) is 4.79. The van der Waals surface area contributed by atoms with Gasteiger partial charge < -0.3 is 4.74 Å². The molecule has 2 aromatic heterocycles. The molecule has 0 atom stereocenters. The Hall–Kier alpha value is -2.09. The lowest BCUT2D eigenvalue weighted by Crippen LogP contribution is -2.11. The number of pyridine rings is 1. The van der Waals surface area contributed by atoms with E-state index in [9.17, 15) is 8.42 Å². The van der Waals surface area contributed by atoms with Gasteiger partial charge in [0.15, 0.2) is 0 Å². The quantitative estimate of drug-likeness (QED) is 0.696. The smallest absolute Gasteiger partial charge is 0.271 e. The summed E-state index contributed by atoms with van der Waals surface area (Å²) in [4.78, 5) is 4.16. The highest BCUT2D eigenvalue weighted by Gasteiger charge is 2.16. The highest BCUT2D eigenvalue weighted by Crippen LogP contribution is 2.29. The average molecular weight is 381 g/mol. The molecule has 2 heterocycles. The molecule has 0 aliphatic rings. The predicted molar refractivity (Wildman–Crippen MR) is 95.1 cm³/mol. The number of sulfonamides is 1. The van der Waals surface area contributed by atoms with Crippen molar-refractivity contribution in [3.05, 3.63) is 70.8 Å². The Balaban J connectivity index is 1.71. The Morgan fingerprint density at radius 3 is 2.71 bits per heavy atom. The van der Waals surface area contributed by atoms with Crippen LogP contribution in [0.5, 0.6) is 5.75 Å². The van der Waals surface area contributed by atoms with Crippen molar-refractivity contribution >= 4 is 38.6 Å². The van der Waals surface area contributed by atoms with E-state index in [0.717, 1.165) is 17.0 Å². The zero-order valence-corrected chi connectivity index (χ0v) is 14.7.